The van der Waals surface area contributed by atoms with E-state index in [9.17, 15) is 4.79 Å². The minimum atomic E-state index is -0.487. The molecule has 0 aromatic carbocycles. The third-order valence-corrected chi connectivity index (χ3v) is 4.35. The molecule has 0 atom stereocenters. The van der Waals surface area contributed by atoms with Crippen molar-refractivity contribution >= 4 is 12.1 Å². The van der Waals surface area contributed by atoms with Gasteiger partial charge < -0.3 is 28.5 Å². The molecule has 1 aliphatic heterocycles. The lowest BCUT2D eigenvalue weighted by Gasteiger charge is -2.32. The Hall–Kier alpha value is -2.55. The molecule has 0 spiro atoms. The minimum absolute atomic E-state index is 0.138. The molecule has 3 rings (SSSR count). The van der Waals surface area contributed by atoms with Gasteiger partial charge in [-0.2, -0.15) is 0 Å². The third-order valence-electron chi connectivity index (χ3n) is 4.35. The SMILES string of the molecule is COCc1ccc(CNc2nnc(C3CCN(C(=O)OC(C)(C)C)CC3)o2)o1. The highest BCUT2D eigenvalue weighted by molar-refractivity contribution is 5.68. The number of ether oxygens (including phenoxy) is 2. The molecule has 2 aromatic rings. The lowest BCUT2D eigenvalue weighted by atomic mass is 9.97. The van der Waals surface area contributed by atoms with Crippen LogP contribution in [-0.2, 0) is 22.6 Å². The number of nitrogens with one attached hydrogen (secondary N) is 1. The average molecular weight is 392 g/mol. The van der Waals surface area contributed by atoms with E-state index in [1.807, 2.05) is 32.9 Å². The van der Waals surface area contributed by atoms with Crippen LogP contribution < -0.4 is 5.32 Å². The fourth-order valence-electron chi connectivity index (χ4n) is 3.01. The second-order valence-corrected chi connectivity index (χ2v) is 7.84. The second-order valence-electron chi connectivity index (χ2n) is 7.84. The molecule has 3 heterocycles. The van der Waals surface area contributed by atoms with Crippen molar-refractivity contribution in [1.29, 1.82) is 0 Å². The van der Waals surface area contributed by atoms with Crippen LogP contribution in [0.1, 0.15) is 56.9 Å². The number of hydrogen-bond donors (Lipinski definition) is 1. The number of piperidine rings is 1. The third kappa shape index (κ3) is 5.48. The van der Waals surface area contributed by atoms with Crippen LogP contribution in [-0.4, -0.2) is 47.0 Å². The van der Waals surface area contributed by atoms with Gasteiger partial charge in [0.15, 0.2) is 0 Å². The van der Waals surface area contributed by atoms with E-state index in [0.717, 1.165) is 24.4 Å². The smallest absolute Gasteiger partial charge is 0.410 e. The van der Waals surface area contributed by atoms with Crippen molar-refractivity contribution in [2.45, 2.75) is 58.3 Å². The maximum absolute atomic E-state index is 12.1. The molecule has 2 aromatic heterocycles. The molecule has 0 unspecified atom stereocenters. The molecule has 0 bridgehead atoms. The summed E-state index contributed by atoms with van der Waals surface area (Å²) >= 11 is 0. The van der Waals surface area contributed by atoms with Gasteiger partial charge in [0.2, 0.25) is 5.89 Å². The van der Waals surface area contributed by atoms with Crippen molar-refractivity contribution < 1.29 is 23.1 Å². The highest BCUT2D eigenvalue weighted by atomic mass is 16.6. The zero-order chi connectivity index (χ0) is 20.1. The Labute approximate surface area is 164 Å². The Morgan fingerprint density at radius 1 is 1.21 bits per heavy atom. The van der Waals surface area contributed by atoms with Gasteiger partial charge in [-0.15, -0.1) is 5.10 Å². The van der Waals surface area contributed by atoms with E-state index in [1.165, 1.54) is 0 Å². The lowest BCUT2D eigenvalue weighted by Crippen LogP contribution is -2.41. The maximum Gasteiger partial charge on any atom is 0.410 e. The van der Waals surface area contributed by atoms with E-state index >= 15 is 0 Å². The van der Waals surface area contributed by atoms with Gasteiger partial charge >= 0.3 is 12.1 Å². The number of hydrogen-bond acceptors (Lipinski definition) is 8. The summed E-state index contributed by atoms with van der Waals surface area (Å²) in [5, 5.41) is 11.3. The normalized spacial score (nSPS) is 15.6. The zero-order valence-electron chi connectivity index (χ0n) is 16.9. The van der Waals surface area contributed by atoms with Gasteiger partial charge in [0.1, 0.15) is 23.7 Å². The van der Waals surface area contributed by atoms with Gasteiger partial charge in [0.05, 0.1) is 6.54 Å². The van der Waals surface area contributed by atoms with Crippen LogP contribution in [0.4, 0.5) is 10.8 Å². The maximum atomic E-state index is 12.1. The number of anilines is 1. The molecule has 9 nitrogen and oxygen atoms in total. The topological polar surface area (TPSA) is 103 Å². The Bertz CT molecular complexity index is 771. The van der Waals surface area contributed by atoms with Gasteiger partial charge in [-0.25, -0.2) is 4.79 Å². The number of rotatable bonds is 6. The number of carbonyl (C=O) groups excluding carboxylic acids is 1. The van der Waals surface area contributed by atoms with E-state index in [-0.39, 0.29) is 12.0 Å². The van der Waals surface area contributed by atoms with Crippen LogP contribution in [0.2, 0.25) is 0 Å². The van der Waals surface area contributed by atoms with Crippen LogP contribution in [0.15, 0.2) is 21.0 Å². The van der Waals surface area contributed by atoms with Gasteiger partial charge in [-0.05, 0) is 45.7 Å². The number of nitrogens with zero attached hydrogens (tertiary/aromatic N) is 3. The highest BCUT2D eigenvalue weighted by Crippen LogP contribution is 2.28. The summed E-state index contributed by atoms with van der Waals surface area (Å²) in [4.78, 5) is 13.9. The van der Waals surface area contributed by atoms with Crippen molar-refractivity contribution in [2.75, 3.05) is 25.5 Å². The summed E-state index contributed by atoms with van der Waals surface area (Å²) in [5.41, 5.74) is -0.487. The average Bonchev–Trinajstić information content (AvgIpc) is 3.28. The Morgan fingerprint density at radius 3 is 2.61 bits per heavy atom. The zero-order valence-corrected chi connectivity index (χ0v) is 16.9. The summed E-state index contributed by atoms with van der Waals surface area (Å²) in [6.45, 7) is 7.71. The predicted molar refractivity (Wildman–Crippen MR) is 101 cm³/mol. The van der Waals surface area contributed by atoms with E-state index in [1.54, 1.807) is 12.0 Å². The quantitative estimate of drug-likeness (QED) is 0.796. The van der Waals surface area contributed by atoms with Crippen molar-refractivity contribution in [3.63, 3.8) is 0 Å². The van der Waals surface area contributed by atoms with E-state index < -0.39 is 5.60 Å². The first-order valence-electron chi connectivity index (χ1n) is 9.46. The Kier molecular flexibility index (Phi) is 6.23. The second kappa shape index (κ2) is 8.64. The van der Waals surface area contributed by atoms with Crippen molar-refractivity contribution in [3.8, 4) is 0 Å². The number of aromatic nitrogens is 2. The van der Waals surface area contributed by atoms with Crippen LogP contribution in [0.3, 0.4) is 0 Å². The standard InChI is InChI=1S/C19H28N4O5/c1-19(2,3)28-18(24)23-9-7-13(8-10-23)16-21-22-17(27-16)20-11-14-5-6-15(26-14)12-25-4/h5-6,13H,7-12H2,1-4H3,(H,20,22). The molecule has 0 aliphatic carbocycles. The van der Waals surface area contributed by atoms with Crippen LogP contribution in [0.25, 0.3) is 0 Å². The molecule has 1 aliphatic rings. The number of carbonyl (C=O) groups is 1. The molecular weight excluding hydrogens is 364 g/mol. The van der Waals surface area contributed by atoms with E-state index in [0.29, 0.717) is 38.1 Å². The fraction of sp³-hybridized carbons (Fsp3) is 0.632. The number of amides is 1. The highest BCUT2D eigenvalue weighted by Gasteiger charge is 2.29. The molecule has 1 fully saturated rings. The summed E-state index contributed by atoms with van der Waals surface area (Å²) in [6, 6.07) is 4.11. The molecule has 154 valence electrons. The van der Waals surface area contributed by atoms with Gasteiger partial charge in [-0.3, -0.25) is 0 Å². The molecule has 0 radical (unpaired) electrons. The molecule has 1 amide bonds. The van der Waals surface area contributed by atoms with Crippen molar-refractivity contribution in [2.24, 2.45) is 0 Å². The summed E-state index contributed by atoms with van der Waals surface area (Å²) in [5.74, 6) is 2.25. The molecule has 1 saturated heterocycles. The minimum Gasteiger partial charge on any atom is -0.462 e. The first-order chi connectivity index (χ1) is 13.3. The largest absolute Gasteiger partial charge is 0.462 e. The molecule has 0 saturated carbocycles. The Morgan fingerprint density at radius 2 is 1.93 bits per heavy atom. The monoisotopic (exact) mass is 392 g/mol. The number of furan rings is 1. The van der Waals surface area contributed by atoms with Crippen LogP contribution in [0.5, 0.6) is 0 Å². The van der Waals surface area contributed by atoms with E-state index in [4.69, 9.17) is 18.3 Å². The van der Waals surface area contributed by atoms with Crippen molar-refractivity contribution in [3.05, 3.63) is 29.5 Å². The van der Waals surface area contributed by atoms with Crippen LogP contribution >= 0.6 is 0 Å². The first-order valence-corrected chi connectivity index (χ1v) is 9.46. The fourth-order valence-corrected chi connectivity index (χ4v) is 3.01. The van der Waals surface area contributed by atoms with Crippen molar-refractivity contribution in [1.82, 2.24) is 15.1 Å². The predicted octanol–water partition coefficient (Wildman–Crippen LogP) is 3.54. The molecule has 28 heavy (non-hydrogen) atoms. The molecule has 9 heteroatoms. The summed E-state index contributed by atoms with van der Waals surface area (Å²) < 4.78 is 21.8. The summed E-state index contributed by atoms with van der Waals surface area (Å²) in [6.07, 6.45) is 1.25. The van der Waals surface area contributed by atoms with Gasteiger partial charge in [0.25, 0.3) is 0 Å². The van der Waals surface area contributed by atoms with Crippen LogP contribution in [0, 0.1) is 0 Å². The van der Waals surface area contributed by atoms with E-state index in [2.05, 4.69) is 15.5 Å². The van der Waals surface area contributed by atoms with Gasteiger partial charge in [-0.1, -0.05) is 5.10 Å². The van der Waals surface area contributed by atoms with Gasteiger partial charge in [0, 0.05) is 26.1 Å². The lowest BCUT2D eigenvalue weighted by molar-refractivity contribution is 0.0199. The number of methoxy groups -OCH3 is 1. The summed E-state index contributed by atoms with van der Waals surface area (Å²) in [7, 11) is 1.62. The molecular formula is C19H28N4O5. The molecule has 1 N–H and O–H groups in total. The first kappa shape index (κ1) is 20.2. The Balaban J connectivity index is 1.47. The number of likely N-dealkylation sites (tertiary alicyclic amines) is 1.